The maximum absolute atomic E-state index is 2.29. The molecule has 0 aliphatic carbocycles. The van der Waals surface area contributed by atoms with E-state index >= 15 is 0 Å². The zero-order valence-electron chi connectivity index (χ0n) is 9.00. The molecule has 1 heteroatoms. The second kappa shape index (κ2) is 3.74. The Hall–Kier alpha value is -0.820. The summed E-state index contributed by atoms with van der Waals surface area (Å²) in [6.45, 7) is 6.75. The number of hydrogen-bond donors (Lipinski definition) is 0. The molecule has 0 radical (unpaired) electrons. The van der Waals surface area contributed by atoms with Crippen molar-refractivity contribution in [2.45, 2.75) is 33.1 Å². The van der Waals surface area contributed by atoms with Crippen LogP contribution in [0.4, 0.5) is 0 Å². The first kappa shape index (κ1) is 9.72. The summed E-state index contributed by atoms with van der Waals surface area (Å²) in [7, 11) is 0. The Morgan fingerprint density at radius 3 is 2.64 bits per heavy atom. The molecule has 0 aliphatic heterocycles. The van der Waals surface area contributed by atoms with Crippen molar-refractivity contribution in [2.24, 2.45) is 0 Å². The van der Waals surface area contributed by atoms with Crippen LogP contribution in [0.5, 0.6) is 0 Å². The highest BCUT2D eigenvalue weighted by Gasteiger charge is 2.08. The molecule has 0 atom stereocenters. The van der Waals surface area contributed by atoms with E-state index in [1.807, 2.05) is 11.3 Å². The van der Waals surface area contributed by atoms with E-state index in [0.29, 0.717) is 5.92 Å². The SMILES string of the molecule is CCc1ccc(C(C)C)c2ccsc12. The zero-order valence-corrected chi connectivity index (χ0v) is 9.82. The van der Waals surface area contributed by atoms with Crippen LogP contribution in [0.25, 0.3) is 10.1 Å². The van der Waals surface area contributed by atoms with Crippen molar-refractivity contribution in [2.75, 3.05) is 0 Å². The van der Waals surface area contributed by atoms with Gasteiger partial charge in [-0.05, 0) is 40.3 Å². The van der Waals surface area contributed by atoms with Gasteiger partial charge in [-0.15, -0.1) is 11.3 Å². The molecule has 1 aromatic carbocycles. The first-order chi connectivity index (χ1) is 6.74. The summed E-state index contributed by atoms with van der Waals surface area (Å²) in [5, 5.41) is 3.67. The van der Waals surface area contributed by atoms with Gasteiger partial charge in [0, 0.05) is 4.70 Å². The van der Waals surface area contributed by atoms with Gasteiger partial charge in [-0.25, -0.2) is 0 Å². The fraction of sp³-hybridized carbons (Fsp3) is 0.385. The molecule has 0 saturated heterocycles. The van der Waals surface area contributed by atoms with E-state index in [1.165, 1.54) is 21.2 Å². The van der Waals surface area contributed by atoms with Crippen molar-refractivity contribution in [3.8, 4) is 0 Å². The van der Waals surface area contributed by atoms with Crippen LogP contribution in [0.15, 0.2) is 23.6 Å². The first-order valence-electron chi connectivity index (χ1n) is 5.23. The van der Waals surface area contributed by atoms with Gasteiger partial charge in [0.1, 0.15) is 0 Å². The van der Waals surface area contributed by atoms with E-state index in [1.54, 1.807) is 0 Å². The summed E-state index contributed by atoms with van der Waals surface area (Å²) in [6.07, 6.45) is 1.13. The maximum atomic E-state index is 2.29. The third-order valence-corrected chi connectivity index (χ3v) is 3.72. The van der Waals surface area contributed by atoms with Crippen LogP contribution in [0.2, 0.25) is 0 Å². The molecular formula is C13H16S. The molecule has 0 spiro atoms. The summed E-state index contributed by atoms with van der Waals surface area (Å²) in [4.78, 5) is 0. The fourth-order valence-corrected chi connectivity index (χ4v) is 2.94. The number of benzene rings is 1. The molecule has 0 aliphatic rings. The third-order valence-electron chi connectivity index (χ3n) is 2.73. The number of rotatable bonds is 2. The van der Waals surface area contributed by atoms with Crippen molar-refractivity contribution >= 4 is 21.4 Å². The van der Waals surface area contributed by atoms with E-state index in [4.69, 9.17) is 0 Å². The summed E-state index contributed by atoms with van der Waals surface area (Å²) in [5.74, 6) is 0.623. The van der Waals surface area contributed by atoms with Crippen molar-refractivity contribution < 1.29 is 0 Å². The number of thiophene rings is 1. The summed E-state index contributed by atoms with van der Waals surface area (Å²) < 4.78 is 1.48. The van der Waals surface area contributed by atoms with Crippen LogP contribution < -0.4 is 0 Å². The van der Waals surface area contributed by atoms with Gasteiger partial charge in [-0.2, -0.15) is 0 Å². The summed E-state index contributed by atoms with van der Waals surface area (Å²) >= 11 is 1.87. The number of aryl methyl sites for hydroxylation is 1. The average Bonchev–Trinajstić information content (AvgIpc) is 2.64. The van der Waals surface area contributed by atoms with E-state index in [9.17, 15) is 0 Å². The van der Waals surface area contributed by atoms with E-state index in [-0.39, 0.29) is 0 Å². The fourth-order valence-electron chi connectivity index (χ4n) is 1.92. The Balaban J connectivity index is 2.72. The highest BCUT2D eigenvalue weighted by Crippen LogP contribution is 2.32. The van der Waals surface area contributed by atoms with Crippen molar-refractivity contribution in [1.29, 1.82) is 0 Å². The highest BCUT2D eigenvalue weighted by molar-refractivity contribution is 7.17. The second-order valence-corrected chi connectivity index (χ2v) is 4.90. The Morgan fingerprint density at radius 1 is 1.21 bits per heavy atom. The average molecular weight is 204 g/mol. The molecule has 0 saturated carbocycles. The van der Waals surface area contributed by atoms with Crippen molar-refractivity contribution in [3.05, 3.63) is 34.7 Å². The molecule has 2 rings (SSSR count). The van der Waals surface area contributed by atoms with Crippen LogP contribution in [0.3, 0.4) is 0 Å². The smallest absolute Gasteiger partial charge is 0.0377 e. The summed E-state index contributed by atoms with van der Waals surface area (Å²) in [5.41, 5.74) is 2.97. The Bertz CT molecular complexity index is 437. The second-order valence-electron chi connectivity index (χ2n) is 3.99. The number of fused-ring (bicyclic) bond motifs is 1. The lowest BCUT2D eigenvalue weighted by molar-refractivity contribution is 0.876. The highest BCUT2D eigenvalue weighted by atomic mass is 32.1. The van der Waals surface area contributed by atoms with Gasteiger partial charge in [0.15, 0.2) is 0 Å². The maximum Gasteiger partial charge on any atom is 0.0377 e. The normalized spacial score (nSPS) is 11.4. The minimum atomic E-state index is 0.623. The topological polar surface area (TPSA) is 0 Å². The van der Waals surface area contributed by atoms with E-state index in [0.717, 1.165) is 6.42 Å². The standard InChI is InChI=1S/C13H16S/c1-4-10-5-6-11(9(2)3)12-7-8-14-13(10)12/h5-9H,4H2,1-3H3. The molecule has 2 aromatic rings. The van der Waals surface area contributed by atoms with Crippen LogP contribution in [-0.2, 0) is 6.42 Å². The van der Waals surface area contributed by atoms with E-state index in [2.05, 4.69) is 44.4 Å². The molecule has 74 valence electrons. The molecule has 0 N–H and O–H groups in total. The molecule has 14 heavy (non-hydrogen) atoms. The molecular weight excluding hydrogens is 188 g/mol. The van der Waals surface area contributed by atoms with Gasteiger partial charge in [0.05, 0.1) is 0 Å². The van der Waals surface area contributed by atoms with Gasteiger partial charge in [0.25, 0.3) is 0 Å². The first-order valence-corrected chi connectivity index (χ1v) is 6.11. The lowest BCUT2D eigenvalue weighted by Gasteiger charge is -2.09. The van der Waals surface area contributed by atoms with Gasteiger partial charge in [-0.3, -0.25) is 0 Å². The van der Waals surface area contributed by atoms with Crippen molar-refractivity contribution in [3.63, 3.8) is 0 Å². The van der Waals surface area contributed by atoms with E-state index < -0.39 is 0 Å². The minimum Gasteiger partial charge on any atom is -0.144 e. The largest absolute Gasteiger partial charge is 0.144 e. The van der Waals surface area contributed by atoms with Gasteiger partial charge in [-0.1, -0.05) is 32.9 Å². The lowest BCUT2D eigenvalue weighted by Crippen LogP contribution is -1.89. The van der Waals surface area contributed by atoms with Crippen LogP contribution in [0.1, 0.15) is 37.8 Å². The molecule has 0 unspecified atom stereocenters. The predicted octanol–water partition coefficient (Wildman–Crippen LogP) is 4.59. The quantitative estimate of drug-likeness (QED) is 0.671. The Labute approximate surface area is 89.6 Å². The molecule has 0 bridgehead atoms. The summed E-state index contributed by atoms with van der Waals surface area (Å²) in [6, 6.07) is 6.83. The molecule has 1 aromatic heterocycles. The van der Waals surface area contributed by atoms with Crippen LogP contribution >= 0.6 is 11.3 Å². The van der Waals surface area contributed by atoms with Crippen LogP contribution in [-0.4, -0.2) is 0 Å². The monoisotopic (exact) mass is 204 g/mol. The molecule has 0 nitrogen and oxygen atoms in total. The van der Waals surface area contributed by atoms with Crippen molar-refractivity contribution in [1.82, 2.24) is 0 Å². The van der Waals surface area contributed by atoms with Crippen LogP contribution in [0, 0.1) is 0 Å². The molecule has 0 amide bonds. The van der Waals surface area contributed by atoms with Gasteiger partial charge >= 0.3 is 0 Å². The lowest BCUT2D eigenvalue weighted by atomic mass is 9.97. The van der Waals surface area contributed by atoms with Gasteiger partial charge < -0.3 is 0 Å². The Morgan fingerprint density at radius 2 is 2.00 bits per heavy atom. The molecule has 1 heterocycles. The zero-order chi connectivity index (χ0) is 10.1. The predicted molar refractivity (Wildman–Crippen MR) is 65.3 cm³/mol. The third kappa shape index (κ3) is 1.46. The Kier molecular flexibility index (Phi) is 2.60. The number of hydrogen-bond acceptors (Lipinski definition) is 1. The minimum absolute atomic E-state index is 0.623. The van der Waals surface area contributed by atoms with Gasteiger partial charge in [0.2, 0.25) is 0 Å². The molecule has 0 fully saturated rings.